The number of nitrogens with zero attached hydrogens (tertiary/aromatic N) is 1. The number of nitrogens with one attached hydrogen (secondary N) is 2. The van der Waals surface area contributed by atoms with E-state index in [4.69, 9.17) is 4.74 Å². The van der Waals surface area contributed by atoms with Crippen molar-refractivity contribution in [3.63, 3.8) is 0 Å². The summed E-state index contributed by atoms with van der Waals surface area (Å²) >= 11 is 0. The molecule has 23 heavy (non-hydrogen) atoms. The lowest BCUT2D eigenvalue weighted by Crippen LogP contribution is -2.49. The van der Waals surface area contributed by atoms with Crippen molar-refractivity contribution in [3.8, 4) is 0 Å². The summed E-state index contributed by atoms with van der Waals surface area (Å²) in [5.41, 5.74) is 3.23. The number of rotatable bonds is 5. The highest BCUT2D eigenvalue weighted by molar-refractivity contribution is 5.67. The molecule has 1 fully saturated rings. The summed E-state index contributed by atoms with van der Waals surface area (Å²) in [6, 6.07) is 12.2. The van der Waals surface area contributed by atoms with Crippen LogP contribution in [-0.2, 0) is 11.3 Å². The molecule has 1 saturated carbocycles. The molecule has 1 heterocycles. The first-order valence-corrected chi connectivity index (χ1v) is 7.85. The molecule has 5 heteroatoms. The fraction of sp³-hybridized carbons (Fsp3) is 0.333. The van der Waals surface area contributed by atoms with Gasteiger partial charge in [0.25, 0.3) is 0 Å². The average molecular weight is 311 g/mol. The quantitative estimate of drug-likeness (QED) is 0.889. The van der Waals surface area contributed by atoms with Crippen LogP contribution in [0.4, 0.5) is 10.5 Å². The molecule has 0 spiro atoms. The van der Waals surface area contributed by atoms with E-state index in [-0.39, 0.29) is 12.1 Å². The van der Waals surface area contributed by atoms with Gasteiger partial charge in [-0.3, -0.25) is 4.98 Å². The van der Waals surface area contributed by atoms with Crippen molar-refractivity contribution in [2.24, 2.45) is 0 Å². The van der Waals surface area contributed by atoms with Crippen LogP contribution in [0.2, 0.25) is 0 Å². The van der Waals surface area contributed by atoms with Crippen LogP contribution in [-0.4, -0.2) is 23.2 Å². The van der Waals surface area contributed by atoms with Crippen molar-refractivity contribution >= 4 is 11.8 Å². The Balaban J connectivity index is 1.37. The molecule has 0 atom stereocenters. The second-order valence-corrected chi connectivity index (χ2v) is 5.91. The Morgan fingerprint density at radius 1 is 1.22 bits per heavy atom. The number of alkyl carbamates (subject to hydrolysis) is 1. The monoisotopic (exact) mass is 311 g/mol. The van der Waals surface area contributed by atoms with Gasteiger partial charge in [-0.05, 0) is 37.0 Å². The van der Waals surface area contributed by atoms with E-state index < -0.39 is 0 Å². The highest BCUT2D eigenvalue weighted by Gasteiger charge is 2.30. The summed E-state index contributed by atoms with van der Waals surface area (Å²) in [4.78, 5) is 15.9. The van der Waals surface area contributed by atoms with Crippen LogP contribution in [0.3, 0.4) is 0 Å². The van der Waals surface area contributed by atoms with E-state index in [0.29, 0.717) is 12.6 Å². The second kappa shape index (κ2) is 7.13. The number of amides is 1. The number of aromatic nitrogens is 1. The average Bonchev–Trinajstić information content (AvgIpc) is 2.54. The lowest BCUT2D eigenvalue weighted by molar-refractivity contribution is 0.129. The largest absolute Gasteiger partial charge is 0.445 e. The molecule has 0 bridgehead atoms. The van der Waals surface area contributed by atoms with Crippen molar-refractivity contribution in [1.82, 2.24) is 10.3 Å². The van der Waals surface area contributed by atoms with E-state index in [1.165, 1.54) is 5.56 Å². The number of hydrogen-bond donors (Lipinski definition) is 2. The van der Waals surface area contributed by atoms with Gasteiger partial charge in [0.15, 0.2) is 0 Å². The topological polar surface area (TPSA) is 63.2 Å². The third-order valence-corrected chi connectivity index (χ3v) is 4.07. The van der Waals surface area contributed by atoms with Gasteiger partial charge in [-0.1, -0.05) is 30.3 Å². The summed E-state index contributed by atoms with van der Waals surface area (Å²) in [7, 11) is 0. The van der Waals surface area contributed by atoms with Crippen molar-refractivity contribution in [1.29, 1.82) is 0 Å². The number of aryl methyl sites for hydroxylation is 1. The van der Waals surface area contributed by atoms with Gasteiger partial charge in [0.2, 0.25) is 0 Å². The molecule has 1 aromatic heterocycles. The number of carbonyl (C=O) groups excluding carboxylic acids is 1. The van der Waals surface area contributed by atoms with Gasteiger partial charge in [0.1, 0.15) is 6.61 Å². The Kier molecular flexibility index (Phi) is 4.76. The summed E-state index contributed by atoms with van der Waals surface area (Å²) < 4.78 is 5.23. The summed E-state index contributed by atoms with van der Waals surface area (Å²) in [5.74, 6) is 0. The molecular weight excluding hydrogens is 290 g/mol. The molecule has 3 rings (SSSR count). The minimum Gasteiger partial charge on any atom is -0.445 e. The van der Waals surface area contributed by atoms with Crippen LogP contribution >= 0.6 is 0 Å². The molecule has 1 aromatic carbocycles. The van der Waals surface area contributed by atoms with Gasteiger partial charge >= 0.3 is 6.09 Å². The van der Waals surface area contributed by atoms with Crippen molar-refractivity contribution in [3.05, 3.63) is 59.9 Å². The zero-order valence-corrected chi connectivity index (χ0v) is 13.2. The van der Waals surface area contributed by atoms with Gasteiger partial charge in [0, 0.05) is 18.3 Å². The number of benzene rings is 1. The Morgan fingerprint density at radius 2 is 2.00 bits per heavy atom. The normalized spacial score (nSPS) is 19.5. The lowest BCUT2D eigenvalue weighted by atomic mass is 9.86. The maximum Gasteiger partial charge on any atom is 0.407 e. The van der Waals surface area contributed by atoms with E-state index in [9.17, 15) is 4.79 Å². The SMILES string of the molecule is Cc1ccncc1NC1CC(NC(=O)OCc2ccccc2)C1. The Hall–Kier alpha value is -2.56. The van der Waals surface area contributed by atoms with E-state index in [1.54, 1.807) is 6.20 Å². The zero-order chi connectivity index (χ0) is 16.1. The first-order chi connectivity index (χ1) is 11.2. The first kappa shape index (κ1) is 15.3. The van der Waals surface area contributed by atoms with Crippen LogP contribution in [0, 0.1) is 6.92 Å². The van der Waals surface area contributed by atoms with E-state index >= 15 is 0 Å². The smallest absolute Gasteiger partial charge is 0.407 e. The molecule has 2 N–H and O–H groups in total. The Labute approximate surface area is 136 Å². The van der Waals surface area contributed by atoms with Crippen LogP contribution < -0.4 is 10.6 Å². The number of pyridine rings is 1. The summed E-state index contributed by atoms with van der Waals surface area (Å²) in [5, 5.41) is 6.35. The zero-order valence-electron chi connectivity index (χ0n) is 13.2. The summed E-state index contributed by atoms with van der Waals surface area (Å²) in [6.07, 6.45) is 5.07. The summed E-state index contributed by atoms with van der Waals surface area (Å²) in [6.45, 7) is 2.36. The van der Waals surface area contributed by atoms with Gasteiger partial charge < -0.3 is 15.4 Å². The molecule has 2 aromatic rings. The molecule has 1 aliphatic rings. The molecule has 0 saturated heterocycles. The van der Waals surface area contributed by atoms with Crippen LogP contribution in [0.1, 0.15) is 24.0 Å². The van der Waals surface area contributed by atoms with Crippen LogP contribution in [0.25, 0.3) is 0 Å². The highest BCUT2D eigenvalue weighted by atomic mass is 16.5. The Morgan fingerprint density at radius 3 is 2.74 bits per heavy atom. The molecule has 1 amide bonds. The van der Waals surface area contributed by atoms with Crippen LogP contribution in [0.15, 0.2) is 48.8 Å². The third-order valence-electron chi connectivity index (χ3n) is 4.07. The van der Waals surface area contributed by atoms with Gasteiger partial charge in [-0.15, -0.1) is 0 Å². The first-order valence-electron chi connectivity index (χ1n) is 7.85. The second-order valence-electron chi connectivity index (χ2n) is 5.91. The molecular formula is C18H21N3O2. The van der Waals surface area contributed by atoms with Crippen molar-refractivity contribution < 1.29 is 9.53 Å². The molecule has 0 unspecified atom stereocenters. The number of ether oxygens (including phenoxy) is 1. The van der Waals surface area contributed by atoms with E-state index in [2.05, 4.69) is 22.5 Å². The maximum atomic E-state index is 11.8. The van der Waals surface area contributed by atoms with Crippen molar-refractivity contribution in [2.45, 2.75) is 38.5 Å². The Bertz CT molecular complexity index is 654. The van der Waals surface area contributed by atoms with E-state index in [0.717, 1.165) is 24.1 Å². The molecule has 120 valence electrons. The number of carbonyl (C=O) groups is 1. The van der Waals surface area contributed by atoms with Gasteiger partial charge in [-0.2, -0.15) is 0 Å². The van der Waals surface area contributed by atoms with Crippen LogP contribution in [0.5, 0.6) is 0 Å². The molecule has 5 nitrogen and oxygen atoms in total. The lowest BCUT2D eigenvalue weighted by Gasteiger charge is -2.36. The highest BCUT2D eigenvalue weighted by Crippen LogP contribution is 2.25. The molecule has 1 aliphatic carbocycles. The number of anilines is 1. The fourth-order valence-electron chi connectivity index (χ4n) is 2.62. The maximum absolute atomic E-state index is 11.8. The number of hydrogen-bond acceptors (Lipinski definition) is 4. The predicted octanol–water partition coefficient (Wildman–Crippen LogP) is 3.26. The van der Waals surface area contributed by atoms with Gasteiger partial charge in [0.05, 0.1) is 11.9 Å². The third kappa shape index (κ3) is 4.22. The predicted molar refractivity (Wildman–Crippen MR) is 89.2 cm³/mol. The molecule has 0 radical (unpaired) electrons. The van der Waals surface area contributed by atoms with Gasteiger partial charge in [-0.25, -0.2) is 4.79 Å². The molecule has 0 aliphatic heterocycles. The van der Waals surface area contributed by atoms with E-state index in [1.807, 2.05) is 42.6 Å². The standard InChI is InChI=1S/C18H21N3O2/c1-13-7-8-19-11-17(13)20-15-9-16(10-15)21-18(22)23-12-14-5-3-2-4-6-14/h2-8,11,15-16,20H,9-10,12H2,1H3,(H,21,22). The minimum atomic E-state index is -0.352. The minimum absolute atomic E-state index is 0.174. The fourth-order valence-corrected chi connectivity index (χ4v) is 2.62. The van der Waals surface area contributed by atoms with Crippen molar-refractivity contribution in [2.75, 3.05) is 5.32 Å².